The standard InChI is InChI=1S/C31H35Cl2N3O6S/c1-5-26(30(38)34-31(2,3)4)35(19-21-11-13-24(32)25(33)17-21)29(37)20-36(43(39,40)23-9-7-6-8-10-23)22-12-14-27-28(18-22)42-16-15-41-27/h6-14,17-18,26H,5,15-16,19-20H2,1-4H3,(H,34,38)/t26-/m0/s1. The molecule has 0 saturated heterocycles. The Morgan fingerprint density at radius 3 is 2.23 bits per heavy atom. The summed E-state index contributed by atoms with van der Waals surface area (Å²) in [6, 6.07) is 16.6. The molecule has 0 bridgehead atoms. The molecule has 0 unspecified atom stereocenters. The van der Waals surface area contributed by atoms with Gasteiger partial charge in [0.2, 0.25) is 11.8 Å². The second-order valence-corrected chi connectivity index (χ2v) is 13.8. The van der Waals surface area contributed by atoms with Crippen molar-refractivity contribution in [2.45, 2.75) is 57.1 Å². The monoisotopic (exact) mass is 647 g/mol. The van der Waals surface area contributed by atoms with Crippen molar-refractivity contribution in [3.05, 3.63) is 82.3 Å². The molecule has 0 spiro atoms. The first kappa shape index (κ1) is 32.4. The Bertz CT molecular complexity index is 1580. The molecule has 4 rings (SSSR count). The van der Waals surface area contributed by atoms with E-state index in [2.05, 4.69) is 5.32 Å². The summed E-state index contributed by atoms with van der Waals surface area (Å²) in [5.41, 5.74) is 0.279. The van der Waals surface area contributed by atoms with Gasteiger partial charge in [-0.2, -0.15) is 0 Å². The molecule has 1 aliphatic heterocycles. The summed E-state index contributed by atoms with van der Waals surface area (Å²) in [5.74, 6) is -0.103. The van der Waals surface area contributed by atoms with Crippen molar-refractivity contribution in [1.29, 1.82) is 0 Å². The van der Waals surface area contributed by atoms with Crippen LogP contribution in [0.1, 0.15) is 39.7 Å². The molecule has 0 radical (unpaired) electrons. The van der Waals surface area contributed by atoms with Crippen LogP contribution in [0.3, 0.4) is 0 Å². The molecule has 2 amide bonds. The third-order valence-corrected chi connectivity index (χ3v) is 9.17. The summed E-state index contributed by atoms with van der Waals surface area (Å²) in [5, 5.41) is 3.59. The zero-order valence-corrected chi connectivity index (χ0v) is 26.8. The molecule has 12 heteroatoms. The van der Waals surface area contributed by atoms with E-state index < -0.39 is 34.1 Å². The maximum Gasteiger partial charge on any atom is 0.264 e. The van der Waals surface area contributed by atoms with Crippen LogP contribution in [0.4, 0.5) is 5.69 Å². The average Bonchev–Trinajstić information content (AvgIpc) is 2.96. The van der Waals surface area contributed by atoms with E-state index in [1.807, 2.05) is 20.8 Å². The quantitative estimate of drug-likeness (QED) is 0.303. The summed E-state index contributed by atoms with van der Waals surface area (Å²) in [6.07, 6.45) is 0.282. The molecule has 3 aromatic carbocycles. The Morgan fingerprint density at radius 2 is 1.60 bits per heavy atom. The van der Waals surface area contributed by atoms with Crippen LogP contribution < -0.4 is 19.1 Å². The number of carbonyl (C=O) groups excluding carboxylic acids is 2. The summed E-state index contributed by atoms with van der Waals surface area (Å²) in [4.78, 5) is 29.1. The number of fused-ring (bicyclic) bond motifs is 1. The molecule has 0 aliphatic carbocycles. The predicted molar refractivity (Wildman–Crippen MR) is 167 cm³/mol. The van der Waals surface area contributed by atoms with Gasteiger partial charge in [-0.1, -0.05) is 54.4 Å². The summed E-state index contributed by atoms with van der Waals surface area (Å²) in [6.45, 7) is 7.41. The highest BCUT2D eigenvalue weighted by molar-refractivity contribution is 7.92. The lowest BCUT2D eigenvalue weighted by Gasteiger charge is -2.35. The lowest BCUT2D eigenvalue weighted by Crippen LogP contribution is -2.55. The third-order valence-electron chi connectivity index (χ3n) is 6.64. The SMILES string of the molecule is CC[C@@H](C(=O)NC(C)(C)C)N(Cc1ccc(Cl)c(Cl)c1)C(=O)CN(c1ccc2c(c1)OCCO2)S(=O)(=O)c1ccccc1. The fourth-order valence-corrected chi connectivity index (χ4v) is 6.39. The molecule has 1 atom stereocenters. The highest BCUT2D eigenvalue weighted by atomic mass is 35.5. The molecular formula is C31H35Cl2N3O6S. The maximum atomic E-state index is 14.2. The summed E-state index contributed by atoms with van der Waals surface area (Å²) < 4.78 is 40.4. The molecule has 9 nitrogen and oxygen atoms in total. The van der Waals surface area contributed by atoms with Gasteiger partial charge in [-0.25, -0.2) is 8.42 Å². The molecule has 1 heterocycles. The third kappa shape index (κ3) is 7.93. The van der Waals surface area contributed by atoms with E-state index in [0.717, 1.165) is 4.31 Å². The van der Waals surface area contributed by atoms with Crippen molar-refractivity contribution in [3.63, 3.8) is 0 Å². The van der Waals surface area contributed by atoms with Gasteiger partial charge in [0.1, 0.15) is 25.8 Å². The Labute approximate surface area is 262 Å². The van der Waals surface area contributed by atoms with Crippen LogP contribution in [0.15, 0.2) is 71.6 Å². The first-order chi connectivity index (χ1) is 20.3. The topological polar surface area (TPSA) is 105 Å². The molecule has 1 aliphatic rings. The van der Waals surface area contributed by atoms with Crippen molar-refractivity contribution in [2.75, 3.05) is 24.1 Å². The number of ether oxygens (including phenoxy) is 2. The highest BCUT2D eigenvalue weighted by Crippen LogP contribution is 2.36. The van der Waals surface area contributed by atoms with Gasteiger partial charge >= 0.3 is 0 Å². The Morgan fingerprint density at radius 1 is 0.930 bits per heavy atom. The normalized spacial score (nSPS) is 13.6. The molecule has 3 aromatic rings. The summed E-state index contributed by atoms with van der Waals surface area (Å²) >= 11 is 12.4. The second kappa shape index (κ2) is 13.4. The molecule has 0 fully saturated rings. The van der Waals surface area contributed by atoms with Crippen molar-refractivity contribution < 1.29 is 27.5 Å². The number of rotatable bonds is 10. The van der Waals surface area contributed by atoms with Crippen LogP contribution in [-0.2, 0) is 26.2 Å². The van der Waals surface area contributed by atoms with Crippen LogP contribution in [0, 0.1) is 0 Å². The van der Waals surface area contributed by atoms with Crippen LogP contribution in [0.2, 0.25) is 10.0 Å². The van der Waals surface area contributed by atoms with Crippen LogP contribution in [0.5, 0.6) is 11.5 Å². The number of carbonyl (C=O) groups is 2. The van der Waals surface area contributed by atoms with Crippen molar-refractivity contribution in [2.24, 2.45) is 0 Å². The minimum atomic E-state index is -4.23. The number of benzene rings is 3. The van der Waals surface area contributed by atoms with Gasteiger partial charge in [-0.05, 0) is 69.2 Å². The molecule has 230 valence electrons. The first-order valence-corrected chi connectivity index (χ1v) is 16.0. The maximum absolute atomic E-state index is 14.2. The zero-order chi connectivity index (χ0) is 31.4. The number of hydrogen-bond donors (Lipinski definition) is 1. The molecular weight excluding hydrogens is 613 g/mol. The van der Waals surface area contributed by atoms with Crippen LogP contribution in [0.25, 0.3) is 0 Å². The number of anilines is 1. The van der Waals surface area contributed by atoms with E-state index in [4.69, 9.17) is 32.7 Å². The first-order valence-electron chi connectivity index (χ1n) is 13.8. The van der Waals surface area contributed by atoms with Gasteiger partial charge in [-0.3, -0.25) is 13.9 Å². The van der Waals surface area contributed by atoms with Gasteiger partial charge in [-0.15, -0.1) is 0 Å². The van der Waals surface area contributed by atoms with Gasteiger partial charge in [0.05, 0.1) is 20.6 Å². The van der Waals surface area contributed by atoms with E-state index in [-0.39, 0.29) is 29.5 Å². The number of nitrogens with one attached hydrogen (secondary N) is 1. The van der Waals surface area contributed by atoms with Crippen molar-refractivity contribution >= 4 is 50.7 Å². The predicted octanol–water partition coefficient (Wildman–Crippen LogP) is 5.68. The lowest BCUT2D eigenvalue weighted by molar-refractivity contribution is -0.141. The molecule has 0 saturated carbocycles. The minimum absolute atomic E-state index is 0.00578. The fraction of sp³-hybridized carbons (Fsp3) is 0.355. The van der Waals surface area contributed by atoms with Gasteiger partial charge in [0.25, 0.3) is 10.0 Å². The summed E-state index contributed by atoms with van der Waals surface area (Å²) in [7, 11) is -4.23. The second-order valence-electron chi connectivity index (χ2n) is 11.1. The molecule has 0 aromatic heterocycles. The number of halogens is 2. The minimum Gasteiger partial charge on any atom is -0.486 e. The smallest absolute Gasteiger partial charge is 0.264 e. The van der Waals surface area contributed by atoms with Crippen molar-refractivity contribution in [1.82, 2.24) is 10.2 Å². The Hall–Kier alpha value is -3.47. The van der Waals surface area contributed by atoms with E-state index in [1.165, 1.54) is 23.1 Å². The van der Waals surface area contributed by atoms with Crippen molar-refractivity contribution in [3.8, 4) is 11.5 Å². The molecule has 43 heavy (non-hydrogen) atoms. The number of nitrogens with zero attached hydrogens (tertiary/aromatic N) is 2. The Kier molecular flexibility index (Phi) is 10.1. The number of sulfonamides is 1. The van der Waals surface area contributed by atoms with Crippen LogP contribution >= 0.6 is 23.2 Å². The van der Waals surface area contributed by atoms with Gasteiger partial charge < -0.3 is 19.7 Å². The average molecular weight is 649 g/mol. The largest absolute Gasteiger partial charge is 0.486 e. The number of amides is 2. The zero-order valence-electron chi connectivity index (χ0n) is 24.5. The van der Waals surface area contributed by atoms with E-state index >= 15 is 0 Å². The van der Waals surface area contributed by atoms with Crippen LogP contribution in [-0.4, -0.2) is 56.5 Å². The van der Waals surface area contributed by atoms with E-state index in [1.54, 1.807) is 55.5 Å². The van der Waals surface area contributed by atoms with Gasteiger partial charge in [0.15, 0.2) is 11.5 Å². The molecule has 1 N–H and O–H groups in total. The highest BCUT2D eigenvalue weighted by Gasteiger charge is 2.35. The van der Waals surface area contributed by atoms with E-state index in [9.17, 15) is 18.0 Å². The van der Waals surface area contributed by atoms with E-state index in [0.29, 0.717) is 40.3 Å². The fourth-order valence-electron chi connectivity index (χ4n) is 4.64. The lowest BCUT2D eigenvalue weighted by atomic mass is 10.1. The Balaban J connectivity index is 1.77. The number of hydrogen-bond acceptors (Lipinski definition) is 6. The van der Waals surface area contributed by atoms with Gasteiger partial charge in [0, 0.05) is 18.2 Å².